The second kappa shape index (κ2) is 9.29. The maximum Gasteiger partial charge on any atom is 0.407 e. The zero-order valence-corrected chi connectivity index (χ0v) is 21.2. The fourth-order valence-electron chi connectivity index (χ4n) is 4.75. The van der Waals surface area contributed by atoms with Crippen LogP contribution in [0.25, 0.3) is 16.8 Å². The molecule has 0 radical (unpaired) electrons. The maximum absolute atomic E-state index is 15.3. The Morgan fingerprint density at radius 1 is 1.32 bits per heavy atom. The van der Waals surface area contributed by atoms with E-state index in [1.54, 1.807) is 41.0 Å². The summed E-state index contributed by atoms with van der Waals surface area (Å²) in [6.45, 7) is 1.94. The van der Waals surface area contributed by atoms with E-state index in [9.17, 15) is 10.1 Å². The summed E-state index contributed by atoms with van der Waals surface area (Å²) in [6.07, 6.45) is 1.75. The lowest BCUT2D eigenvalue weighted by molar-refractivity contribution is 0.0546. The number of alkyl halides is 1. The van der Waals surface area contributed by atoms with E-state index in [4.69, 9.17) is 21.3 Å². The zero-order valence-electron chi connectivity index (χ0n) is 20.4. The molecule has 3 aromatic heterocycles. The van der Waals surface area contributed by atoms with Crippen LogP contribution in [0.2, 0.25) is 5.15 Å². The van der Waals surface area contributed by atoms with Crippen LogP contribution in [-0.2, 0) is 4.74 Å². The average molecular weight is 535 g/mol. The Balaban J connectivity index is 1.21. The van der Waals surface area contributed by atoms with Gasteiger partial charge in [-0.05, 0) is 44.7 Å². The Morgan fingerprint density at radius 3 is 2.95 bits per heavy atom. The number of hydrogen-bond donors (Lipinski definition) is 3. The van der Waals surface area contributed by atoms with Crippen LogP contribution >= 0.6 is 11.6 Å². The number of ether oxygens (including phenoxy) is 1. The molecule has 3 N–H and O–H groups in total. The Kier molecular flexibility index (Phi) is 5.91. The van der Waals surface area contributed by atoms with Crippen LogP contribution in [0.3, 0.4) is 0 Å². The molecular weight excluding hydrogens is 511 g/mol. The van der Waals surface area contributed by atoms with Crippen molar-refractivity contribution >= 4 is 34.8 Å². The van der Waals surface area contributed by atoms with E-state index in [2.05, 4.69) is 32.0 Å². The number of fused-ring (bicyclic) bond motifs is 1. The number of carbonyl (C=O) groups excluding carboxylic acids is 1. The van der Waals surface area contributed by atoms with Crippen molar-refractivity contribution in [1.29, 1.82) is 5.26 Å². The van der Waals surface area contributed by atoms with Crippen molar-refractivity contribution in [2.75, 3.05) is 5.32 Å². The largest absolute Gasteiger partial charge is 0.443 e. The van der Waals surface area contributed by atoms with Gasteiger partial charge in [0.25, 0.3) is 0 Å². The number of hydrogen-bond acceptors (Lipinski definition) is 7. The number of aromatic nitrogens is 5. The van der Waals surface area contributed by atoms with E-state index in [1.165, 1.54) is 0 Å². The summed E-state index contributed by atoms with van der Waals surface area (Å²) in [6, 6.07) is 12.6. The van der Waals surface area contributed by atoms with Crippen molar-refractivity contribution in [2.24, 2.45) is 0 Å². The predicted octanol–water partition coefficient (Wildman–Crippen LogP) is 5.25. The molecule has 6 rings (SSSR count). The summed E-state index contributed by atoms with van der Waals surface area (Å²) >= 11 is 6.16. The Labute approximate surface area is 222 Å². The molecule has 10 nitrogen and oxygen atoms in total. The van der Waals surface area contributed by atoms with Gasteiger partial charge in [0, 0.05) is 34.8 Å². The highest BCUT2D eigenvalue weighted by Gasteiger charge is 2.43. The third-order valence-corrected chi connectivity index (χ3v) is 7.31. The van der Waals surface area contributed by atoms with Crippen LogP contribution in [0.4, 0.5) is 20.8 Å². The molecule has 1 amide bonds. The number of benzene rings is 1. The highest BCUT2D eigenvalue weighted by molar-refractivity contribution is 6.29. The van der Waals surface area contributed by atoms with E-state index in [1.807, 2.05) is 13.0 Å². The van der Waals surface area contributed by atoms with Gasteiger partial charge in [-0.1, -0.05) is 23.7 Å². The lowest BCUT2D eigenvalue weighted by Gasteiger charge is -2.19. The molecule has 3 heterocycles. The molecule has 194 valence electrons. The van der Waals surface area contributed by atoms with Gasteiger partial charge in [-0.3, -0.25) is 5.10 Å². The number of H-pyrrole nitrogens is 1. The molecule has 38 heavy (non-hydrogen) atoms. The van der Waals surface area contributed by atoms with Gasteiger partial charge < -0.3 is 15.4 Å². The average Bonchev–Trinajstić information content (AvgIpc) is 3.21. The van der Waals surface area contributed by atoms with Crippen molar-refractivity contribution in [3.8, 4) is 17.3 Å². The van der Waals surface area contributed by atoms with Crippen LogP contribution in [0.5, 0.6) is 0 Å². The van der Waals surface area contributed by atoms with E-state index in [0.717, 1.165) is 18.4 Å². The Morgan fingerprint density at radius 2 is 2.16 bits per heavy atom. The fourth-order valence-corrected chi connectivity index (χ4v) is 4.94. The number of amides is 1. The Bertz CT molecular complexity index is 1570. The number of nitrogens with one attached hydrogen (secondary N) is 3. The van der Waals surface area contributed by atoms with Gasteiger partial charge in [-0.15, -0.1) is 0 Å². The molecule has 0 saturated heterocycles. The van der Waals surface area contributed by atoms with Crippen molar-refractivity contribution in [2.45, 2.75) is 56.3 Å². The second-order valence-electron chi connectivity index (χ2n) is 10.1. The van der Waals surface area contributed by atoms with Crippen molar-refractivity contribution in [3.63, 3.8) is 0 Å². The van der Waals surface area contributed by atoms with Crippen LogP contribution < -0.4 is 10.6 Å². The minimum absolute atomic E-state index is 0.222. The molecule has 2 aliphatic rings. The summed E-state index contributed by atoms with van der Waals surface area (Å²) in [5, 5.41) is 27.1. The van der Waals surface area contributed by atoms with Gasteiger partial charge >= 0.3 is 6.09 Å². The van der Waals surface area contributed by atoms with Crippen molar-refractivity contribution < 1.29 is 13.9 Å². The smallest absolute Gasteiger partial charge is 0.407 e. The van der Waals surface area contributed by atoms with Gasteiger partial charge in [-0.2, -0.15) is 15.5 Å². The predicted molar refractivity (Wildman–Crippen MR) is 138 cm³/mol. The summed E-state index contributed by atoms with van der Waals surface area (Å²) in [4.78, 5) is 16.9. The highest BCUT2D eigenvalue weighted by Crippen LogP contribution is 2.39. The van der Waals surface area contributed by atoms with E-state index in [0.29, 0.717) is 46.9 Å². The number of halogens is 2. The van der Waals surface area contributed by atoms with Gasteiger partial charge in [0.05, 0.1) is 23.5 Å². The molecule has 0 bridgehead atoms. The van der Waals surface area contributed by atoms with Gasteiger partial charge in [-0.25, -0.2) is 18.7 Å². The van der Waals surface area contributed by atoms with Crippen LogP contribution in [0.1, 0.15) is 49.8 Å². The molecule has 4 aromatic rings. The van der Waals surface area contributed by atoms with E-state index >= 15 is 4.39 Å². The van der Waals surface area contributed by atoms with Gasteiger partial charge in [0.1, 0.15) is 17.8 Å². The molecule has 1 aromatic carbocycles. The van der Waals surface area contributed by atoms with E-state index in [-0.39, 0.29) is 10.7 Å². The monoisotopic (exact) mass is 534 g/mol. The van der Waals surface area contributed by atoms with Gasteiger partial charge in [0.2, 0.25) is 0 Å². The number of alkyl carbamates (subject to hydrolysis) is 1. The fraction of sp³-hybridized carbons (Fsp3) is 0.346. The molecule has 0 spiro atoms. The first-order chi connectivity index (χ1) is 18.3. The summed E-state index contributed by atoms with van der Waals surface area (Å²) in [5.74, 6) is 0.396. The number of carbonyl (C=O) groups is 1. The number of anilines is 2. The zero-order chi connectivity index (χ0) is 26.4. The van der Waals surface area contributed by atoms with Crippen molar-refractivity contribution in [1.82, 2.24) is 30.1 Å². The van der Waals surface area contributed by atoms with E-state index < -0.39 is 24.3 Å². The standard InChI is InChI=1S/C26H24ClFN8O2/c1-26(7-8-26)32-25(37)38-20-6-5-16(23(20)28)17-10-22(34-33-17)31-24-19-11-21(27)35-36(19)13-18(30-24)15-4-2-3-14(9-15)12-29/h2-4,9-11,13,16,20,23H,5-8H2,1H3,(H,32,37)(H2,30,31,33,34)/t16-,20-,23-/m0/s1. The quantitative estimate of drug-likeness (QED) is 0.307. The van der Waals surface area contributed by atoms with Crippen LogP contribution in [0.15, 0.2) is 42.6 Å². The molecule has 2 saturated carbocycles. The number of nitrogens with zero attached hydrogens (tertiary/aromatic N) is 5. The molecule has 0 unspecified atom stereocenters. The summed E-state index contributed by atoms with van der Waals surface area (Å²) < 4.78 is 22.3. The molecule has 0 aliphatic heterocycles. The third kappa shape index (κ3) is 4.75. The van der Waals surface area contributed by atoms with Crippen molar-refractivity contribution in [3.05, 3.63) is 59.0 Å². The highest BCUT2D eigenvalue weighted by atomic mass is 35.5. The Hall–Kier alpha value is -4.17. The lowest BCUT2D eigenvalue weighted by atomic mass is 10.0. The molecule has 12 heteroatoms. The normalized spacial score (nSPS) is 21.7. The second-order valence-corrected chi connectivity index (χ2v) is 10.4. The number of rotatable bonds is 6. The topological polar surface area (TPSA) is 133 Å². The minimum atomic E-state index is -1.35. The van der Waals surface area contributed by atoms with Crippen LogP contribution in [0, 0.1) is 11.3 Å². The maximum atomic E-state index is 15.3. The molecular formula is C26H24ClFN8O2. The SMILES string of the molecule is CC1(NC(=O)O[C@H]2CC[C@@H](c3cc(Nc4nc(-c5cccc(C#N)c5)cn5nc(Cl)cc45)n[nH]3)[C@@H]2F)CC1. The summed E-state index contributed by atoms with van der Waals surface area (Å²) in [5.41, 5.74) is 2.81. The van der Waals surface area contributed by atoms with Gasteiger partial charge in [0.15, 0.2) is 16.8 Å². The first kappa shape index (κ1) is 24.2. The lowest BCUT2D eigenvalue weighted by Crippen LogP contribution is -2.38. The summed E-state index contributed by atoms with van der Waals surface area (Å²) in [7, 11) is 0. The number of aromatic amines is 1. The number of nitriles is 1. The first-order valence-electron chi connectivity index (χ1n) is 12.3. The molecule has 2 aliphatic carbocycles. The molecule has 3 atom stereocenters. The van der Waals surface area contributed by atoms with Crippen LogP contribution in [-0.4, -0.2) is 48.7 Å². The third-order valence-electron chi connectivity index (χ3n) is 7.12. The minimum Gasteiger partial charge on any atom is -0.443 e. The molecule has 2 fully saturated rings. The first-order valence-corrected chi connectivity index (χ1v) is 12.7.